The summed E-state index contributed by atoms with van der Waals surface area (Å²) in [5.41, 5.74) is 1.95. The molecule has 2 N–H and O–H groups in total. The first-order valence-electron chi connectivity index (χ1n) is 10.8. The summed E-state index contributed by atoms with van der Waals surface area (Å²) >= 11 is 0. The van der Waals surface area contributed by atoms with Gasteiger partial charge in [0.05, 0.1) is 21.8 Å². The molecule has 2 heterocycles. The fourth-order valence-electron chi connectivity index (χ4n) is 3.85. The number of aromatic nitrogens is 1. The molecule has 0 aliphatic carbocycles. The Morgan fingerprint density at radius 2 is 1.70 bits per heavy atom. The lowest BCUT2D eigenvalue weighted by molar-refractivity contribution is 0.0697. The van der Waals surface area contributed by atoms with Crippen LogP contribution < -0.4 is 14.5 Å². The number of aryl methyl sites for hydroxylation is 1. The van der Waals surface area contributed by atoms with Crippen molar-refractivity contribution in [2.45, 2.75) is 18.2 Å². The number of piperazine rings is 1. The zero-order valence-electron chi connectivity index (χ0n) is 18.3. The lowest BCUT2D eigenvalue weighted by Crippen LogP contribution is -2.47. The summed E-state index contributed by atoms with van der Waals surface area (Å²) in [5, 5.41) is 9.44. The van der Waals surface area contributed by atoms with E-state index in [4.69, 9.17) is 0 Å². The van der Waals surface area contributed by atoms with Gasteiger partial charge in [-0.15, -0.1) is 0 Å². The molecule has 1 fully saturated rings. The number of nitrogens with zero attached hydrogens (tertiary/aromatic N) is 3. The summed E-state index contributed by atoms with van der Waals surface area (Å²) in [6, 6.07) is 17.0. The maximum atomic E-state index is 13.1. The molecule has 0 saturated carbocycles. The van der Waals surface area contributed by atoms with Gasteiger partial charge in [0.2, 0.25) is 0 Å². The van der Waals surface area contributed by atoms with Gasteiger partial charge in [-0.05, 0) is 54.4 Å². The third kappa shape index (κ3) is 5.09. The maximum absolute atomic E-state index is 13.1. The van der Waals surface area contributed by atoms with Crippen LogP contribution in [0.5, 0.6) is 0 Å². The summed E-state index contributed by atoms with van der Waals surface area (Å²) < 4.78 is 28.7. The van der Waals surface area contributed by atoms with Crippen molar-refractivity contribution >= 4 is 33.2 Å². The molecule has 3 aromatic rings. The molecule has 172 valence electrons. The molecule has 4 rings (SSSR count). The SMILES string of the molecule is CCc1ccc(S(=O)(=O)Nc2cc(C(=O)O)ccc2N2CCN(c3ccccn3)CC2)cc1. The number of carboxylic acids is 1. The average Bonchev–Trinajstić information content (AvgIpc) is 2.84. The Bertz CT molecular complexity index is 1220. The molecule has 2 aromatic carbocycles. The third-order valence-electron chi connectivity index (χ3n) is 5.72. The highest BCUT2D eigenvalue weighted by Crippen LogP contribution is 2.31. The first kappa shape index (κ1) is 22.6. The number of anilines is 3. The van der Waals surface area contributed by atoms with Gasteiger partial charge in [0, 0.05) is 32.4 Å². The van der Waals surface area contributed by atoms with Crippen molar-refractivity contribution in [1.29, 1.82) is 0 Å². The van der Waals surface area contributed by atoms with Crippen LogP contribution in [-0.2, 0) is 16.4 Å². The Kier molecular flexibility index (Phi) is 6.50. The van der Waals surface area contributed by atoms with E-state index < -0.39 is 16.0 Å². The quantitative estimate of drug-likeness (QED) is 0.550. The zero-order valence-corrected chi connectivity index (χ0v) is 19.1. The highest BCUT2D eigenvalue weighted by Gasteiger charge is 2.23. The van der Waals surface area contributed by atoms with Crippen molar-refractivity contribution in [3.05, 3.63) is 78.0 Å². The van der Waals surface area contributed by atoms with Gasteiger partial charge in [-0.3, -0.25) is 4.72 Å². The number of benzene rings is 2. The lowest BCUT2D eigenvalue weighted by Gasteiger charge is -2.37. The van der Waals surface area contributed by atoms with Crippen molar-refractivity contribution in [1.82, 2.24) is 4.98 Å². The van der Waals surface area contributed by atoms with Crippen LogP contribution in [0.4, 0.5) is 17.2 Å². The number of pyridine rings is 1. The predicted octanol–water partition coefficient (Wildman–Crippen LogP) is 3.47. The van der Waals surface area contributed by atoms with Gasteiger partial charge < -0.3 is 14.9 Å². The van der Waals surface area contributed by atoms with E-state index in [-0.39, 0.29) is 16.1 Å². The van der Waals surface area contributed by atoms with Gasteiger partial charge >= 0.3 is 5.97 Å². The van der Waals surface area contributed by atoms with Crippen LogP contribution in [0.3, 0.4) is 0 Å². The molecular weight excluding hydrogens is 440 g/mol. The molecule has 0 atom stereocenters. The highest BCUT2D eigenvalue weighted by molar-refractivity contribution is 7.92. The summed E-state index contributed by atoms with van der Waals surface area (Å²) in [6.45, 7) is 4.70. The van der Waals surface area contributed by atoms with E-state index in [1.807, 2.05) is 25.1 Å². The van der Waals surface area contributed by atoms with E-state index in [9.17, 15) is 18.3 Å². The molecule has 8 nitrogen and oxygen atoms in total. The first-order chi connectivity index (χ1) is 15.9. The topological polar surface area (TPSA) is 103 Å². The minimum atomic E-state index is -3.89. The van der Waals surface area contributed by atoms with Crippen LogP contribution >= 0.6 is 0 Å². The van der Waals surface area contributed by atoms with E-state index in [0.717, 1.165) is 17.8 Å². The Labute approximate surface area is 193 Å². The zero-order chi connectivity index (χ0) is 23.4. The van der Waals surface area contributed by atoms with Gasteiger partial charge in [0.25, 0.3) is 10.0 Å². The van der Waals surface area contributed by atoms with Crippen LogP contribution in [0.15, 0.2) is 71.8 Å². The van der Waals surface area contributed by atoms with Crippen LogP contribution in [0.2, 0.25) is 0 Å². The average molecular weight is 467 g/mol. The Morgan fingerprint density at radius 1 is 1.00 bits per heavy atom. The summed E-state index contributed by atoms with van der Waals surface area (Å²) in [5.74, 6) is -0.218. The maximum Gasteiger partial charge on any atom is 0.335 e. The van der Waals surface area contributed by atoms with Crippen LogP contribution in [0.1, 0.15) is 22.8 Å². The molecule has 0 unspecified atom stereocenters. The molecule has 0 spiro atoms. The molecule has 1 saturated heterocycles. The van der Waals surface area contributed by atoms with E-state index in [2.05, 4.69) is 19.5 Å². The van der Waals surface area contributed by atoms with Crippen molar-refractivity contribution < 1.29 is 18.3 Å². The molecule has 0 radical (unpaired) electrons. The Hall–Kier alpha value is -3.59. The molecule has 33 heavy (non-hydrogen) atoms. The Morgan fingerprint density at radius 3 is 2.30 bits per heavy atom. The number of carbonyl (C=O) groups is 1. The predicted molar refractivity (Wildman–Crippen MR) is 129 cm³/mol. The number of sulfonamides is 1. The van der Waals surface area contributed by atoms with Gasteiger partial charge in [-0.25, -0.2) is 18.2 Å². The highest BCUT2D eigenvalue weighted by atomic mass is 32.2. The smallest absolute Gasteiger partial charge is 0.335 e. The largest absolute Gasteiger partial charge is 0.478 e. The number of hydrogen-bond donors (Lipinski definition) is 2. The van der Waals surface area contributed by atoms with Crippen LogP contribution in [0.25, 0.3) is 0 Å². The fourth-order valence-corrected chi connectivity index (χ4v) is 4.92. The standard InChI is InChI=1S/C24H26N4O4S/c1-2-18-6-9-20(10-7-18)33(31,32)26-21-17-19(24(29)30)8-11-22(21)27-13-15-28(16-14-27)23-5-3-4-12-25-23/h3-12,17,26H,2,13-16H2,1H3,(H,29,30). The van der Waals surface area contributed by atoms with Gasteiger partial charge in [-0.1, -0.05) is 25.1 Å². The normalized spacial score (nSPS) is 14.2. The second-order valence-corrected chi connectivity index (χ2v) is 9.48. The van der Waals surface area contributed by atoms with Crippen LogP contribution in [0, 0.1) is 0 Å². The van der Waals surface area contributed by atoms with E-state index in [1.165, 1.54) is 12.1 Å². The molecule has 1 aliphatic rings. The minimum Gasteiger partial charge on any atom is -0.478 e. The van der Waals surface area contributed by atoms with Gasteiger partial charge in [-0.2, -0.15) is 0 Å². The van der Waals surface area contributed by atoms with Gasteiger partial charge in [0.1, 0.15) is 5.82 Å². The molecule has 0 amide bonds. The second kappa shape index (κ2) is 9.50. The number of carboxylic acid groups (broad SMARTS) is 1. The van der Waals surface area contributed by atoms with E-state index >= 15 is 0 Å². The second-order valence-electron chi connectivity index (χ2n) is 7.80. The molecule has 9 heteroatoms. The lowest BCUT2D eigenvalue weighted by atomic mass is 10.1. The number of aromatic carboxylic acids is 1. The Balaban J connectivity index is 1.59. The molecule has 1 aliphatic heterocycles. The minimum absolute atomic E-state index is 0.0184. The summed E-state index contributed by atoms with van der Waals surface area (Å²) in [7, 11) is -3.89. The number of hydrogen-bond acceptors (Lipinski definition) is 6. The molecular formula is C24H26N4O4S. The first-order valence-corrected chi connectivity index (χ1v) is 12.3. The summed E-state index contributed by atoms with van der Waals surface area (Å²) in [6.07, 6.45) is 2.56. The van der Waals surface area contributed by atoms with Crippen molar-refractivity contribution in [3.63, 3.8) is 0 Å². The van der Waals surface area contributed by atoms with E-state index in [1.54, 1.807) is 36.5 Å². The van der Waals surface area contributed by atoms with E-state index in [0.29, 0.717) is 31.9 Å². The number of nitrogens with one attached hydrogen (secondary N) is 1. The van der Waals surface area contributed by atoms with Crippen molar-refractivity contribution in [3.8, 4) is 0 Å². The third-order valence-corrected chi connectivity index (χ3v) is 7.10. The van der Waals surface area contributed by atoms with Crippen LogP contribution in [-0.4, -0.2) is 50.7 Å². The van der Waals surface area contributed by atoms with Gasteiger partial charge in [0.15, 0.2) is 0 Å². The summed E-state index contributed by atoms with van der Waals surface area (Å²) in [4.78, 5) is 20.3. The molecule has 0 bridgehead atoms. The fraction of sp³-hybridized carbons (Fsp3) is 0.250. The number of rotatable bonds is 7. The monoisotopic (exact) mass is 466 g/mol. The van der Waals surface area contributed by atoms with Crippen molar-refractivity contribution in [2.75, 3.05) is 40.7 Å². The van der Waals surface area contributed by atoms with Crippen molar-refractivity contribution in [2.24, 2.45) is 0 Å². The molecule has 1 aromatic heterocycles.